The van der Waals surface area contributed by atoms with Gasteiger partial charge in [0.1, 0.15) is 30.5 Å². The molecule has 11 nitrogen and oxygen atoms in total. The van der Waals surface area contributed by atoms with Gasteiger partial charge < -0.3 is 49.7 Å². The summed E-state index contributed by atoms with van der Waals surface area (Å²) in [6.07, 6.45) is 2.57. The summed E-state index contributed by atoms with van der Waals surface area (Å²) in [5.74, 6) is 0. The first-order valence-electron chi connectivity index (χ1n) is 15.5. The van der Waals surface area contributed by atoms with Crippen LogP contribution in [-0.2, 0) is 28.4 Å². The zero-order valence-corrected chi connectivity index (χ0v) is 25.6. The van der Waals surface area contributed by atoms with Gasteiger partial charge in [-0.05, 0) is 32.1 Å². The van der Waals surface area contributed by atoms with Crippen molar-refractivity contribution in [2.24, 2.45) is 5.73 Å². The zero-order chi connectivity index (χ0) is 29.8. The third kappa shape index (κ3) is 13.7. The summed E-state index contributed by atoms with van der Waals surface area (Å²) < 4.78 is 37.7. The fraction of sp³-hybridized carbons (Fsp3) is 0.966. The molecule has 1 heterocycles. The Bertz CT molecular complexity index is 630. The van der Waals surface area contributed by atoms with Gasteiger partial charge in [-0.2, -0.15) is 0 Å². The monoisotopic (exact) mass is 578 g/mol. The first-order chi connectivity index (χ1) is 19.3. The summed E-state index contributed by atoms with van der Waals surface area (Å²) in [7, 11) is 0. The number of nitrogens with one attached hydrogen (secondary N) is 1. The van der Waals surface area contributed by atoms with E-state index in [9.17, 15) is 15.0 Å². The quantitative estimate of drug-likeness (QED) is 0.127. The number of aliphatic hydroxyl groups excluding tert-OH is 2. The lowest BCUT2D eigenvalue weighted by Crippen LogP contribution is -2.63. The van der Waals surface area contributed by atoms with Crippen LogP contribution in [0.15, 0.2) is 0 Å². The number of hydrogen-bond acceptors (Lipinski definition) is 9. The molecule has 0 aromatic heterocycles. The van der Waals surface area contributed by atoms with Crippen LogP contribution in [0.4, 0.5) is 4.79 Å². The van der Waals surface area contributed by atoms with Crippen LogP contribution in [0.1, 0.15) is 92.4 Å². The molecule has 0 aromatic carbocycles. The molecular weight excluding hydrogens is 520 g/mol. The number of urea groups is 1. The summed E-state index contributed by atoms with van der Waals surface area (Å²) in [6, 6.07) is -1.78. The lowest BCUT2D eigenvalue weighted by atomic mass is 9.97. The maximum atomic E-state index is 11.7. The fourth-order valence-corrected chi connectivity index (χ4v) is 4.37. The van der Waals surface area contributed by atoms with E-state index in [-0.39, 0.29) is 6.61 Å². The van der Waals surface area contributed by atoms with E-state index in [1.807, 2.05) is 0 Å². The zero-order valence-electron chi connectivity index (χ0n) is 25.6. The second-order valence-electron chi connectivity index (χ2n) is 10.5. The number of amides is 2. The van der Waals surface area contributed by atoms with Crippen molar-refractivity contribution in [2.75, 3.05) is 39.6 Å². The Morgan fingerprint density at radius 3 is 1.85 bits per heavy atom. The number of carbonyl (C=O) groups is 1. The Morgan fingerprint density at radius 1 is 0.800 bits per heavy atom. The van der Waals surface area contributed by atoms with Crippen molar-refractivity contribution < 1.29 is 43.4 Å². The van der Waals surface area contributed by atoms with Gasteiger partial charge in [-0.3, -0.25) is 0 Å². The average Bonchev–Trinajstić information content (AvgIpc) is 2.94. The fourth-order valence-electron chi connectivity index (χ4n) is 4.37. The molecule has 0 spiro atoms. The van der Waals surface area contributed by atoms with Gasteiger partial charge >= 0.3 is 6.03 Å². The summed E-state index contributed by atoms with van der Waals surface area (Å²) in [4.78, 5) is 11.7. The van der Waals surface area contributed by atoms with Gasteiger partial charge in [-0.15, -0.1) is 0 Å². The highest BCUT2D eigenvalue weighted by Gasteiger charge is 2.49. The number of unbranched alkanes of at least 4 members (excludes halogenated alkanes) is 4. The Kier molecular flexibility index (Phi) is 20.8. The molecule has 1 fully saturated rings. The third-order valence-corrected chi connectivity index (χ3v) is 6.93. The maximum absolute atomic E-state index is 11.7. The van der Waals surface area contributed by atoms with Crippen LogP contribution in [-0.4, -0.2) is 105 Å². The van der Waals surface area contributed by atoms with Gasteiger partial charge in [-0.25, -0.2) is 4.79 Å². The van der Waals surface area contributed by atoms with E-state index >= 15 is 0 Å². The van der Waals surface area contributed by atoms with Gasteiger partial charge in [0.15, 0.2) is 6.29 Å². The minimum atomic E-state index is -1.28. The standard InChI is InChI=1S/C29H58N2O9/c1-6-11-15-35-20-23-25(36-16-12-7-2)26(37-17-13-8-3)27(38-18-14-9-4)28(40-23)39-19-21(31-29(30)34)24(33)22(32)10-5/h21-28,32-33H,6-20H2,1-5H3,(H3,30,31,34)/t21-,22+,23?,24-,25-,26-,27?,28-/m0/s1. The second kappa shape index (κ2) is 22.5. The first kappa shape index (κ1) is 37.0. The molecule has 0 bridgehead atoms. The smallest absolute Gasteiger partial charge is 0.312 e. The number of nitrogens with two attached hydrogens (primary N) is 1. The summed E-state index contributed by atoms with van der Waals surface area (Å²) >= 11 is 0. The van der Waals surface area contributed by atoms with Crippen molar-refractivity contribution in [3.8, 4) is 0 Å². The van der Waals surface area contributed by atoms with Crippen LogP contribution >= 0.6 is 0 Å². The maximum Gasteiger partial charge on any atom is 0.312 e. The molecule has 0 saturated carbocycles. The molecule has 11 heteroatoms. The number of ether oxygens (including phenoxy) is 6. The van der Waals surface area contributed by atoms with Gasteiger partial charge in [0.05, 0.1) is 25.4 Å². The van der Waals surface area contributed by atoms with E-state index in [1.165, 1.54) is 0 Å². The molecule has 1 rings (SSSR count). The largest absolute Gasteiger partial charge is 0.390 e. The number of hydrogen-bond donors (Lipinski definition) is 4. The van der Waals surface area contributed by atoms with Crippen LogP contribution < -0.4 is 11.1 Å². The molecule has 1 aliphatic heterocycles. The van der Waals surface area contributed by atoms with Crippen molar-refractivity contribution in [3.05, 3.63) is 0 Å². The van der Waals surface area contributed by atoms with Crippen LogP contribution in [0.3, 0.4) is 0 Å². The molecule has 1 saturated heterocycles. The molecular formula is C29H58N2O9. The lowest BCUT2D eigenvalue weighted by molar-refractivity contribution is -0.325. The van der Waals surface area contributed by atoms with E-state index in [0.717, 1.165) is 51.4 Å². The Morgan fingerprint density at radius 2 is 1.32 bits per heavy atom. The van der Waals surface area contributed by atoms with E-state index in [4.69, 9.17) is 34.2 Å². The van der Waals surface area contributed by atoms with Gasteiger partial charge in [-0.1, -0.05) is 60.3 Å². The molecule has 1 aliphatic rings. The molecule has 2 amide bonds. The van der Waals surface area contributed by atoms with E-state index in [1.54, 1.807) is 6.92 Å². The molecule has 0 aromatic rings. The van der Waals surface area contributed by atoms with Gasteiger partial charge in [0, 0.05) is 26.4 Å². The lowest BCUT2D eigenvalue weighted by Gasteiger charge is -2.46. The number of carbonyl (C=O) groups excluding carboxylic acids is 1. The van der Waals surface area contributed by atoms with Crippen LogP contribution in [0.25, 0.3) is 0 Å². The third-order valence-electron chi connectivity index (χ3n) is 6.93. The van der Waals surface area contributed by atoms with Crippen LogP contribution in [0, 0.1) is 0 Å². The highest BCUT2D eigenvalue weighted by molar-refractivity contribution is 5.72. The number of primary amides is 1. The highest BCUT2D eigenvalue weighted by atomic mass is 16.7. The summed E-state index contributed by atoms with van der Waals surface area (Å²) in [5.41, 5.74) is 5.35. The predicted octanol–water partition coefficient (Wildman–Crippen LogP) is 3.27. The van der Waals surface area contributed by atoms with Crippen LogP contribution in [0.2, 0.25) is 0 Å². The highest BCUT2D eigenvalue weighted by Crippen LogP contribution is 2.30. The normalized spacial score (nSPS) is 25.4. The van der Waals surface area contributed by atoms with Crippen molar-refractivity contribution in [1.82, 2.24) is 5.32 Å². The minimum Gasteiger partial charge on any atom is -0.390 e. The minimum absolute atomic E-state index is 0.161. The van der Waals surface area contributed by atoms with Crippen molar-refractivity contribution >= 4 is 6.03 Å². The number of rotatable bonds is 24. The van der Waals surface area contributed by atoms with Gasteiger partial charge in [0.25, 0.3) is 0 Å². The molecule has 0 radical (unpaired) electrons. The van der Waals surface area contributed by atoms with Crippen molar-refractivity contribution in [1.29, 1.82) is 0 Å². The van der Waals surface area contributed by atoms with E-state index < -0.39 is 55.0 Å². The Labute approximate surface area is 241 Å². The van der Waals surface area contributed by atoms with E-state index in [2.05, 4.69) is 33.0 Å². The van der Waals surface area contributed by atoms with E-state index in [0.29, 0.717) is 39.5 Å². The summed E-state index contributed by atoms with van der Waals surface area (Å²) in [5, 5.41) is 23.3. The molecule has 40 heavy (non-hydrogen) atoms. The second-order valence-corrected chi connectivity index (χ2v) is 10.5. The average molecular weight is 579 g/mol. The van der Waals surface area contributed by atoms with Crippen molar-refractivity contribution in [3.63, 3.8) is 0 Å². The van der Waals surface area contributed by atoms with Gasteiger partial charge in [0.2, 0.25) is 0 Å². The molecule has 2 unspecified atom stereocenters. The molecule has 5 N–H and O–H groups in total. The topological polar surface area (TPSA) is 151 Å². The summed E-state index contributed by atoms with van der Waals surface area (Å²) in [6.45, 7) is 12.5. The van der Waals surface area contributed by atoms with Crippen molar-refractivity contribution in [2.45, 2.75) is 141 Å². The van der Waals surface area contributed by atoms with Crippen LogP contribution in [0.5, 0.6) is 0 Å². The predicted molar refractivity (Wildman–Crippen MR) is 153 cm³/mol. The number of aliphatic hydroxyl groups is 2. The first-order valence-corrected chi connectivity index (χ1v) is 15.5. The SMILES string of the molecule is CCCCOCC1O[C@H](OC[C@H](NC(N)=O)[C@H](O)[C@H](O)CC)C(OCCCC)[C@@H](OCCCC)[C@H]1OCCCC. The Balaban J connectivity index is 3.27. The molecule has 238 valence electrons. The molecule has 8 atom stereocenters. The Hall–Kier alpha value is -1.05. The molecule has 0 aliphatic carbocycles.